The van der Waals surface area contributed by atoms with Gasteiger partial charge in [0.1, 0.15) is 6.04 Å². The van der Waals surface area contributed by atoms with E-state index < -0.39 is 30.2 Å². The van der Waals surface area contributed by atoms with Crippen LogP contribution in [0.5, 0.6) is 0 Å². The summed E-state index contributed by atoms with van der Waals surface area (Å²) in [5.41, 5.74) is 0. The van der Waals surface area contributed by atoms with E-state index in [1.807, 2.05) is 0 Å². The lowest BCUT2D eigenvalue weighted by atomic mass is 10.1. The molecule has 0 spiro atoms. The van der Waals surface area contributed by atoms with Crippen LogP contribution in [0.4, 0.5) is 0 Å². The molecule has 1 saturated heterocycles. The summed E-state index contributed by atoms with van der Waals surface area (Å²) in [6, 6.07) is -0.959. The quantitative estimate of drug-likeness (QED) is 0.577. The van der Waals surface area contributed by atoms with Gasteiger partial charge in [-0.15, -0.1) is 0 Å². The first-order valence-corrected chi connectivity index (χ1v) is 4.79. The lowest BCUT2D eigenvalue weighted by Crippen LogP contribution is -2.57. The second-order valence-electron chi connectivity index (χ2n) is 3.28. The van der Waals surface area contributed by atoms with Crippen LogP contribution in [0.3, 0.4) is 0 Å². The predicted octanol–water partition coefficient (Wildman–Crippen LogP) is -1.19. The number of amides is 2. The summed E-state index contributed by atoms with van der Waals surface area (Å²) >= 11 is 0. The molecule has 6 heteroatoms. The second kappa shape index (κ2) is 5.16. The van der Waals surface area contributed by atoms with Crippen molar-refractivity contribution in [1.29, 1.82) is 0 Å². The molecule has 1 atom stereocenters. The third-order valence-electron chi connectivity index (χ3n) is 2.19. The molecule has 1 fully saturated rings. The Bertz CT molecular complexity index is 380. The Hall–Kier alpha value is -2.03. The third-order valence-corrected chi connectivity index (χ3v) is 2.19. The number of carboxylic acids is 1. The molecule has 1 aliphatic rings. The Balaban J connectivity index is 2.84. The van der Waals surface area contributed by atoms with E-state index in [0.717, 1.165) is 0 Å². The molecule has 2 N–H and O–H groups in total. The summed E-state index contributed by atoms with van der Waals surface area (Å²) in [4.78, 5) is 34.7. The molecule has 0 aromatic rings. The zero-order chi connectivity index (χ0) is 12.1. The minimum Gasteiger partial charge on any atom is -0.481 e. The van der Waals surface area contributed by atoms with Gasteiger partial charge in [-0.05, 0) is 12.8 Å². The number of rotatable bonds is 2. The van der Waals surface area contributed by atoms with Crippen LogP contribution in [0, 0.1) is 11.8 Å². The largest absolute Gasteiger partial charge is 0.481 e. The first-order chi connectivity index (χ1) is 7.56. The van der Waals surface area contributed by atoms with Crippen molar-refractivity contribution in [2.24, 2.45) is 0 Å². The molecule has 1 heterocycles. The fourth-order valence-electron chi connectivity index (χ4n) is 1.50. The van der Waals surface area contributed by atoms with E-state index in [9.17, 15) is 14.4 Å². The summed E-state index contributed by atoms with van der Waals surface area (Å²) in [7, 11) is 0. The number of hydrogen-bond donors (Lipinski definition) is 2. The molecule has 16 heavy (non-hydrogen) atoms. The van der Waals surface area contributed by atoms with Crippen LogP contribution in [-0.4, -0.2) is 46.9 Å². The highest BCUT2D eigenvalue weighted by Gasteiger charge is 2.33. The van der Waals surface area contributed by atoms with Gasteiger partial charge in [0, 0.05) is 13.1 Å². The number of piperazine rings is 1. The Morgan fingerprint density at radius 1 is 1.62 bits per heavy atom. The fraction of sp³-hybridized carbons (Fsp3) is 0.500. The lowest BCUT2D eigenvalue weighted by Gasteiger charge is -2.32. The molecule has 86 valence electrons. The van der Waals surface area contributed by atoms with Crippen LogP contribution in [-0.2, 0) is 14.4 Å². The zero-order valence-electron chi connectivity index (χ0n) is 8.82. The van der Waals surface area contributed by atoms with Gasteiger partial charge >= 0.3 is 5.97 Å². The number of carbonyl (C=O) groups excluding carboxylic acids is 2. The minimum absolute atomic E-state index is 0.289. The Morgan fingerprint density at radius 3 is 2.88 bits per heavy atom. The molecule has 1 unspecified atom stereocenters. The highest BCUT2D eigenvalue weighted by molar-refractivity contribution is 5.98. The van der Waals surface area contributed by atoms with E-state index in [1.54, 1.807) is 0 Å². The molecule has 0 aromatic carbocycles. The molecular formula is C10H12N2O4. The molecule has 0 radical (unpaired) electrons. The second-order valence-corrected chi connectivity index (χ2v) is 3.28. The number of nitrogens with zero attached hydrogens (tertiary/aromatic N) is 1. The standard InChI is InChI=1S/C10H12N2O4/c1-2-3-8(13)12-5-4-11-10(16)7(12)6-9(14)15/h7H,4-6H2,1H3,(H,11,16)(H,14,15). The average molecular weight is 224 g/mol. The third kappa shape index (κ3) is 2.73. The number of carbonyl (C=O) groups is 3. The summed E-state index contributed by atoms with van der Waals surface area (Å²) in [6.07, 6.45) is -0.400. The SMILES string of the molecule is CC#CC(=O)N1CCNC(=O)C1CC(=O)O. The van der Waals surface area contributed by atoms with Crippen LogP contribution in [0.1, 0.15) is 13.3 Å². The van der Waals surface area contributed by atoms with Gasteiger partial charge < -0.3 is 15.3 Å². The van der Waals surface area contributed by atoms with E-state index in [2.05, 4.69) is 17.2 Å². The van der Waals surface area contributed by atoms with Gasteiger partial charge in [-0.3, -0.25) is 14.4 Å². The smallest absolute Gasteiger partial charge is 0.305 e. The van der Waals surface area contributed by atoms with Crippen LogP contribution in [0.25, 0.3) is 0 Å². The maximum absolute atomic E-state index is 11.5. The number of carboxylic acid groups (broad SMARTS) is 1. The number of aliphatic carboxylic acids is 1. The summed E-state index contributed by atoms with van der Waals surface area (Å²) in [6.45, 7) is 2.12. The van der Waals surface area contributed by atoms with Gasteiger partial charge in [0.25, 0.3) is 5.91 Å². The van der Waals surface area contributed by atoms with Gasteiger partial charge in [0.15, 0.2) is 0 Å². The maximum atomic E-state index is 11.5. The van der Waals surface area contributed by atoms with E-state index in [1.165, 1.54) is 11.8 Å². The Morgan fingerprint density at radius 2 is 2.31 bits per heavy atom. The Labute approximate surface area is 92.6 Å². The molecule has 0 saturated carbocycles. The van der Waals surface area contributed by atoms with Crippen molar-refractivity contribution in [1.82, 2.24) is 10.2 Å². The minimum atomic E-state index is -1.12. The topological polar surface area (TPSA) is 86.7 Å². The Kier molecular flexibility index (Phi) is 3.89. The van der Waals surface area contributed by atoms with Crippen molar-refractivity contribution < 1.29 is 19.5 Å². The van der Waals surface area contributed by atoms with Crippen molar-refractivity contribution in [3.8, 4) is 11.8 Å². The predicted molar refractivity (Wildman–Crippen MR) is 54.2 cm³/mol. The van der Waals surface area contributed by atoms with E-state index in [0.29, 0.717) is 6.54 Å². The average Bonchev–Trinajstić information content (AvgIpc) is 2.20. The molecule has 6 nitrogen and oxygen atoms in total. The summed E-state index contributed by atoms with van der Waals surface area (Å²) < 4.78 is 0. The van der Waals surface area contributed by atoms with Gasteiger partial charge in [-0.25, -0.2) is 0 Å². The fourth-order valence-corrected chi connectivity index (χ4v) is 1.50. The molecule has 0 bridgehead atoms. The van der Waals surface area contributed by atoms with Crippen LogP contribution < -0.4 is 5.32 Å². The van der Waals surface area contributed by atoms with Crippen molar-refractivity contribution in [3.63, 3.8) is 0 Å². The van der Waals surface area contributed by atoms with Crippen LogP contribution >= 0.6 is 0 Å². The first-order valence-electron chi connectivity index (χ1n) is 4.79. The van der Waals surface area contributed by atoms with Crippen LogP contribution in [0.15, 0.2) is 0 Å². The molecule has 2 amide bonds. The number of nitrogens with one attached hydrogen (secondary N) is 1. The molecule has 1 aliphatic heterocycles. The van der Waals surface area contributed by atoms with Crippen molar-refractivity contribution in [2.45, 2.75) is 19.4 Å². The monoisotopic (exact) mass is 224 g/mol. The first kappa shape index (κ1) is 12.0. The van der Waals surface area contributed by atoms with Crippen molar-refractivity contribution >= 4 is 17.8 Å². The summed E-state index contributed by atoms with van der Waals surface area (Å²) in [5, 5.41) is 11.2. The number of hydrogen-bond acceptors (Lipinski definition) is 3. The zero-order valence-corrected chi connectivity index (χ0v) is 8.82. The molecule has 1 rings (SSSR count). The van der Waals surface area contributed by atoms with Crippen LogP contribution in [0.2, 0.25) is 0 Å². The highest BCUT2D eigenvalue weighted by atomic mass is 16.4. The van der Waals surface area contributed by atoms with E-state index in [4.69, 9.17) is 5.11 Å². The van der Waals surface area contributed by atoms with E-state index >= 15 is 0 Å². The van der Waals surface area contributed by atoms with Crippen molar-refractivity contribution in [3.05, 3.63) is 0 Å². The maximum Gasteiger partial charge on any atom is 0.305 e. The van der Waals surface area contributed by atoms with Gasteiger partial charge in [0.2, 0.25) is 5.91 Å². The molecule has 0 aliphatic carbocycles. The molecule has 0 aromatic heterocycles. The summed E-state index contributed by atoms with van der Waals surface area (Å²) in [5.74, 6) is 2.66. The van der Waals surface area contributed by atoms with Crippen molar-refractivity contribution in [2.75, 3.05) is 13.1 Å². The molecular weight excluding hydrogens is 212 g/mol. The van der Waals surface area contributed by atoms with E-state index in [-0.39, 0.29) is 6.54 Å². The normalized spacial score (nSPS) is 19.4. The highest BCUT2D eigenvalue weighted by Crippen LogP contribution is 2.08. The van der Waals surface area contributed by atoms with Gasteiger partial charge in [0.05, 0.1) is 6.42 Å². The van der Waals surface area contributed by atoms with Gasteiger partial charge in [-0.1, -0.05) is 5.92 Å². The lowest BCUT2D eigenvalue weighted by molar-refractivity contribution is -0.146. The van der Waals surface area contributed by atoms with Gasteiger partial charge in [-0.2, -0.15) is 0 Å².